The summed E-state index contributed by atoms with van der Waals surface area (Å²) in [6.45, 7) is 1.36. The molecular weight excluding hydrogens is 380 g/mol. The highest BCUT2D eigenvalue weighted by molar-refractivity contribution is 7.90. The number of aryl methyl sites for hydroxylation is 1. The zero-order valence-electron chi connectivity index (χ0n) is 15.1. The average Bonchev–Trinajstić information content (AvgIpc) is 3.27. The zero-order valence-corrected chi connectivity index (χ0v) is 15.9. The molecule has 4 rings (SSSR count). The van der Waals surface area contributed by atoms with Gasteiger partial charge in [-0.2, -0.15) is 5.10 Å². The lowest BCUT2D eigenvalue weighted by molar-refractivity contribution is -0.114. The third-order valence-corrected chi connectivity index (χ3v) is 5.73. The second kappa shape index (κ2) is 6.57. The lowest BCUT2D eigenvalue weighted by atomic mass is 10.3. The SMILES string of the molecule is CC(=O)Nc1cccc(S(=O)(=O)n2ccc3ncc(-c4cnn(C)c4)nc32)c1. The summed E-state index contributed by atoms with van der Waals surface area (Å²) in [6, 6.07) is 7.64. The highest BCUT2D eigenvalue weighted by atomic mass is 32.2. The Hall–Kier alpha value is -3.53. The minimum Gasteiger partial charge on any atom is -0.326 e. The van der Waals surface area contributed by atoms with Gasteiger partial charge in [-0.25, -0.2) is 17.4 Å². The molecule has 4 aromatic rings. The molecule has 0 radical (unpaired) electrons. The molecule has 0 aliphatic heterocycles. The monoisotopic (exact) mass is 396 g/mol. The fraction of sp³-hybridized carbons (Fsp3) is 0.111. The molecule has 0 aliphatic carbocycles. The van der Waals surface area contributed by atoms with Crippen molar-refractivity contribution in [3.8, 4) is 11.3 Å². The van der Waals surface area contributed by atoms with Crippen LogP contribution in [-0.2, 0) is 21.9 Å². The smallest absolute Gasteiger partial charge is 0.269 e. The van der Waals surface area contributed by atoms with Crippen LogP contribution in [0, 0.1) is 0 Å². The summed E-state index contributed by atoms with van der Waals surface area (Å²) in [4.78, 5) is 20.1. The van der Waals surface area contributed by atoms with Crippen molar-refractivity contribution in [2.45, 2.75) is 11.8 Å². The maximum Gasteiger partial charge on any atom is 0.269 e. The molecule has 9 nitrogen and oxygen atoms in total. The van der Waals surface area contributed by atoms with Gasteiger partial charge in [-0.05, 0) is 24.3 Å². The normalized spacial score (nSPS) is 11.6. The van der Waals surface area contributed by atoms with E-state index in [1.54, 1.807) is 48.5 Å². The topological polar surface area (TPSA) is 112 Å². The Bertz CT molecular complexity index is 1310. The molecule has 1 amide bonds. The summed E-state index contributed by atoms with van der Waals surface area (Å²) in [6.07, 6.45) is 6.40. The standard InChI is InChI=1S/C18H16N6O3S/c1-12(25)21-14-4-3-5-15(8-14)28(26,27)24-7-6-16-18(24)22-17(10-19-16)13-9-20-23(2)11-13/h3-11H,1-2H3,(H,21,25). The van der Waals surface area contributed by atoms with Gasteiger partial charge in [0.05, 0.1) is 23.0 Å². The number of rotatable bonds is 4. The summed E-state index contributed by atoms with van der Waals surface area (Å²) in [7, 11) is -2.15. The second-order valence-corrected chi connectivity index (χ2v) is 8.01. The summed E-state index contributed by atoms with van der Waals surface area (Å²) in [5, 5.41) is 6.68. The lowest BCUT2D eigenvalue weighted by Crippen LogP contribution is -2.13. The van der Waals surface area contributed by atoms with E-state index in [2.05, 4.69) is 20.4 Å². The molecule has 0 spiro atoms. The number of aromatic nitrogens is 5. The Morgan fingerprint density at radius 3 is 2.71 bits per heavy atom. The van der Waals surface area contributed by atoms with Gasteiger partial charge in [-0.3, -0.25) is 14.5 Å². The highest BCUT2D eigenvalue weighted by Crippen LogP contribution is 2.24. The van der Waals surface area contributed by atoms with Crippen molar-refractivity contribution in [1.29, 1.82) is 0 Å². The Morgan fingerprint density at radius 2 is 2.00 bits per heavy atom. The first-order valence-electron chi connectivity index (χ1n) is 8.31. The molecule has 1 N–H and O–H groups in total. The summed E-state index contributed by atoms with van der Waals surface area (Å²) < 4.78 is 29.0. The van der Waals surface area contributed by atoms with E-state index in [0.717, 1.165) is 9.54 Å². The van der Waals surface area contributed by atoms with Crippen LogP contribution < -0.4 is 5.32 Å². The number of hydrogen-bond acceptors (Lipinski definition) is 6. The second-order valence-electron chi connectivity index (χ2n) is 6.19. The molecule has 0 saturated heterocycles. The van der Waals surface area contributed by atoms with Crippen molar-refractivity contribution in [2.75, 3.05) is 5.32 Å². The Kier molecular flexibility index (Phi) is 4.19. The van der Waals surface area contributed by atoms with Crippen molar-refractivity contribution in [3.05, 3.63) is 55.1 Å². The molecule has 0 fully saturated rings. The first kappa shape index (κ1) is 17.9. The summed E-state index contributed by atoms with van der Waals surface area (Å²) >= 11 is 0. The molecule has 3 aromatic heterocycles. The minimum atomic E-state index is -3.93. The van der Waals surface area contributed by atoms with Gasteiger partial charge in [0.1, 0.15) is 5.52 Å². The van der Waals surface area contributed by atoms with E-state index in [1.807, 2.05) is 0 Å². The number of fused-ring (bicyclic) bond motifs is 1. The van der Waals surface area contributed by atoms with Crippen LogP contribution in [0.25, 0.3) is 22.4 Å². The van der Waals surface area contributed by atoms with E-state index in [0.29, 0.717) is 16.9 Å². The van der Waals surface area contributed by atoms with Crippen molar-refractivity contribution in [1.82, 2.24) is 23.7 Å². The van der Waals surface area contributed by atoms with Crippen molar-refractivity contribution in [3.63, 3.8) is 0 Å². The van der Waals surface area contributed by atoms with Crippen molar-refractivity contribution in [2.24, 2.45) is 7.05 Å². The predicted octanol–water partition coefficient (Wildman–Crippen LogP) is 2.03. The number of hydrogen-bond donors (Lipinski definition) is 1. The van der Waals surface area contributed by atoms with Crippen LogP contribution in [0.3, 0.4) is 0 Å². The number of amides is 1. The quantitative estimate of drug-likeness (QED) is 0.565. The Balaban J connectivity index is 1.83. The lowest BCUT2D eigenvalue weighted by Gasteiger charge is -2.09. The van der Waals surface area contributed by atoms with Crippen LogP contribution in [0.4, 0.5) is 5.69 Å². The van der Waals surface area contributed by atoms with Gasteiger partial charge in [-0.1, -0.05) is 6.07 Å². The van der Waals surface area contributed by atoms with Gasteiger partial charge in [0, 0.05) is 37.6 Å². The summed E-state index contributed by atoms with van der Waals surface area (Å²) in [5.41, 5.74) is 2.31. The Labute approximate surface area is 160 Å². The highest BCUT2D eigenvalue weighted by Gasteiger charge is 2.21. The number of benzene rings is 1. The third kappa shape index (κ3) is 3.14. The van der Waals surface area contributed by atoms with Gasteiger partial charge in [0.15, 0.2) is 5.65 Å². The van der Waals surface area contributed by atoms with Crippen molar-refractivity contribution >= 4 is 32.8 Å². The molecule has 0 aliphatic rings. The van der Waals surface area contributed by atoms with Crippen LogP contribution in [0.2, 0.25) is 0 Å². The van der Waals surface area contributed by atoms with E-state index in [1.165, 1.54) is 25.3 Å². The average molecular weight is 396 g/mol. The summed E-state index contributed by atoms with van der Waals surface area (Å²) in [5.74, 6) is -0.284. The van der Waals surface area contributed by atoms with Crippen LogP contribution in [0.15, 0.2) is 60.0 Å². The first-order chi connectivity index (χ1) is 13.3. The molecule has 3 heterocycles. The number of carbonyl (C=O) groups is 1. The van der Waals surface area contributed by atoms with Crippen LogP contribution in [0.1, 0.15) is 6.92 Å². The van der Waals surface area contributed by atoms with Crippen molar-refractivity contribution < 1.29 is 13.2 Å². The molecule has 0 unspecified atom stereocenters. The van der Waals surface area contributed by atoms with Gasteiger partial charge in [0.2, 0.25) is 5.91 Å². The molecule has 1 aromatic carbocycles. The first-order valence-corrected chi connectivity index (χ1v) is 9.75. The molecule has 0 atom stereocenters. The maximum absolute atomic E-state index is 13.2. The largest absolute Gasteiger partial charge is 0.326 e. The molecule has 10 heteroatoms. The van der Waals surface area contributed by atoms with Gasteiger partial charge < -0.3 is 5.32 Å². The third-order valence-electron chi connectivity index (χ3n) is 4.07. The molecule has 142 valence electrons. The number of anilines is 1. The van der Waals surface area contributed by atoms with E-state index in [4.69, 9.17) is 0 Å². The van der Waals surface area contributed by atoms with E-state index in [9.17, 15) is 13.2 Å². The Morgan fingerprint density at radius 1 is 1.18 bits per heavy atom. The molecule has 28 heavy (non-hydrogen) atoms. The number of nitrogens with one attached hydrogen (secondary N) is 1. The molecule has 0 bridgehead atoms. The van der Waals surface area contributed by atoms with Crippen LogP contribution in [-0.4, -0.2) is 38.0 Å². The maximum atomic E-state index is 13.2. The van der Waals surface area contributed by atoms with Gasteiger partial charge >= 0.3 is 0 Å². The van der Waals surface area contributed by atoms with Gasteiger partial charge in [-0.15, -0.1) is 0 Å². The van der Waals surface area contributed by atoms with E-state index < -0.39 is 10.0 Å². The van der Waals surface area contributed by atoms with E-state index in [-0.39, 0.29) is 16.4 Å². The zero-order chi connectivity index (χ0) is 19.9. The molecular formula is C18H16N6O3S. The van der Waals surface area contributed by atoms with E-state index >= 15 is 0 Å². The number of carbonyl (C=O) groups excluding carboxylic acids is 1. The fourth-order valence-corrected chi connectivity index (χ4v) is 4.15. The fourth-order valence-electron chi connectivity index (χ4n) is 2.81. The van der Waals surface area contributed by atoms with Crippen LogP contribution in [0.5, 0.6) is 0 Å². The van der Waals surface area contributed by atoms with Gasteiger partial charge in [0.25, 0.3) is 10.0 Å². The number of nitrogens with zero attached hydrogens (tertiary/aromatic N) is 5. The van der Waals surface area contributed by atoms with Crippen LogP contribution >= 0.6 is 0 Å². The predicted molar refractivity (Wildman–Crippen MR) is 103 cm³/mol. The molecule has 0 saturated carbocycles. The minimum absolute atomic E-state index is 0.0323.